The second kappa shape index (κ2) is 6.75. The van der Waals surface area contributed by atoms with Crippen LogP contribution in [0.25, 0.3) is 0 Å². The lowest BCUT2D eigenvalue weighted by Gasteiger charge is -2.31. The first kappa shape index (κ1) is 15.4. The quantitative estimate of drug-likeness (QED) is 0.813. The number of rotatable bonds is 3. The highest BCUT2D eigenvalue weighted by atomic mass is 79.9. The molecule has 0 aromatic heterocycles. The van der Waals surface area contributed by atoms with Crippen molar-refractivity contribution in [2.45, 2.75) is 31.1 Å². The summed E-state index contributed by atoms with van der Waals surface area (Å²) in [7, 11) is 0. The van der Waals surface area contributed by atoms with Crippen LogP contribution in [0.2, 0.25) is 0 Å². The maximum absolute atomic E-state index is 9.75. The van der Waals surface area contributed by atoms with Crippen molar-refractivity contribution >= 4 is 15.9 Å². The molecule has 2 saturated heterocycles. The molecule has 2 atom stereocenters. The first-order valence-corrected chi connectivity index (χ1v) is 8.38. The van der Waals surface area contributed by atoms with Crippen LogP contribution in [-0.2, 0) is 4.74 Å². The van der Waals surface area contributed by atoms with E-state index in [1.807, 2.05) is 12.1 Å². The minimum Gasteiger partial charge on any atom is -0.381 e. The molecule has 2 N–H and O–H groups in total. The van der Waals surface area contributed by atoms with Gasteiger partial charge in [0.15, 0.2) is 6.29 Å². The Morgan fingerprint density at radius 3 is 2.38 bits per heavy atom. The molecule has 21 heavy (non-hydrogen) atoms. The standard InChI is InChI=1S/C16H22BrNO3/c17-12-3-1-11(2-4-12)14-9-18(10-15(14)16(19)20)13-5-7-21-8-6-13/h1-4,13-16,19-20H,5-10H2. The van der Waals surface area contributed by atoms with Gasteiger partial charge in [0.1, 0.15) is 0 Å². The van der Waals surface area contributed by atoms with Crippen molar-refractivity contribution in [3.05, 3.63) is 34.3 Å². The van der Waals surface area contributed by atoms with Crippen molar-refractivity contribution in [2.24, 2.45) is 5.92 Å². The van der Waals surface area contributed by atoms with Gasteiger partial charge in [-0.05, 0) is 30.5 Å². The van der Waals surface area contributed by atoms with E-state index in [-0.39, 0.29) is 11.8 Å². The molecular formula is C16H22BrNO3. The number of aliphatic hydroxyl groups is 2. The topological polar surface area (TPSA) is 52.9 Å². The van der Waals surface area contributed by atoms with E-state index in [0.717, 1.165) is 43.6 Å². The number of aliphatic hydroxyl groups excluding tert-OH is 1. The van der Waals surface area contributed by atoms with E-state index >= 15 is 0 Å². The smallest absolute Gasteiger partial charge is 0.156 e. The number of hydrogen-bond donors (Lipinski definition) is 2. The van der Waals surface area contributed by atoms with Crippen molar-refractivity contribution in [1.29, 1.82) is 0 Å². The zero-order valence-electron chi connectivity index (χ0n) is 12.0. The van der Waals surface area contributed by atoms with E-state index in [0.29, 0.717) is 6.04 Å². The van der Waals surface area contributed by atoms with Crippen molar-refractivity contribution in [3.8, 4) is 0 Å². The van der Waals surface area contributed by atoms with E-state index < -0.39 is 6.29 Å². The molecule has 2 aliphatic rings. The Labute approximate surface area is 133 Å². The summed E-state index contributed by atoms with van der Waals surface area (Å²) in [6, 6.07) is 8.72. The fourth-order valence-corrected chi connectivity index (χ4v) is 3.84. The summed E-state index contributed by atoms with van der Waals surface area (Å²) in [5, 5.41) is 19.5. The second-order valence-electron chi connectivity index (χ2n) is 6.03. The number of likely N-dealkylation sites (tertiary alicyclic amines) is 1. The monoisotopic (exact) mass is 355 g/mol. The maximum Gasteiger partial charge on any atom is 0.156 e. The first-order chi connectivity index (χ1) is 10.1. The van der Waals surface area contributed by atoms with Gasteiger partial charge in [-0.3, -0.25) is 4.90 Å². The van der Waals surface area contributed by atoms with Crippen molar-refractivity contribution < 1.29 is 14.9 Å². The van der Waals surface area contributed by atoms with E-state index in [4.69, 9.17) is 4.74 Å². The molecule has 1 aromatic carbocycles. The summed E-state index contributed by atoms with van der Waals surface area (Å²) in [5.74, 6) is 0.0648. The van der Waals surface area contributed by atoms with Gasteiger partial charge in [-0.1, -0.05) is 28.1 Å². The number of ether oxygens (including phenoxy) is 1. The maximum atomic E-state index is 9.75. The highest BCUT2D eigenvalue weighted by Gasteiger charge is 2.40. The number of benzene rings is 1. The molecule has 2 heterocycles. The molecule has 5 heteroatoms. The molecule has 0 amide bonds. The number of nitrogens with zero attached hydrogens (tertiary/aromatic N) is 1. The Balaban J connectivity index is 1.76. The Kier molecular flexibility index (Phi) is 4.96. The molecular weight excluding hydrogens is 334 g/mol. The lowest BCUT2D eigenvalue weighted by molar-refractivity contribution is -0.0853. The molecule has 4 nitrogen and oxygen atoms in total. The third-order valence-electron chi connectivity index (χ3n) is 4.78. The summed E-state index contributed by atoms with van der Waals surface area (Å²) >= 11 is 3.45. The molecule has 0 spiro atoms. The molecule has 0 saturated carbocycles. The van der Waals surface area contributed by atoms with Gasteiger partial charge >= 0.3 is 0 Å². The molecule has 2 fully saturated rings. The predicted molar refractivity (Wildman–Crippen MR) is 84.0 cm³/mol. The Hall–Kier alpha value is -0.460. The van der Waals surface area contributed by atoms with Gasteiger partial charge in [0.25, 0.3) is 0 Å². The van der Waals surface area contributed by atoms with E-state index in [9.17, 15) is 10.2 Å². The average molecular weight is 356 g/mol. The van der Waals surface area contributed by atoms with Gasteiger partial charge in [-0.25, -0.2) is 0 Å². The Morgan fingerprint density at radius 1 is 1.10 bits per heavy atom. The van der Waals surface area contributed by atoms with Crippen LogP contribution in [0.1, 0.15) is 24.3 Å². The minimum absolute atomic E-state index is 0.117. The van der Waals surface area contributed by atoms with Crippen molar-refractivity contribution in [1.82, 2.24) is 4.90 Å². The lowest BCUT2D eigenvalue weighted by Crippen LogP contribution is -2.38. The molecule has 1 aromatic rings. The highest BCUT2D eigenvalue weighted by Crippen LogP contribution is 2.37. The van der Waals surface area contributed by atoms with E-state index in [1.54, 1.807) is 0 Å². The Bertz CT molecular complexity index is 459. The van der Waals surface area contributed by atoms with E-state index in [1.165, 1.54) is 5.56 Å². The van der Waals surface area contributed by atoms with Crippen molar-refractivity contribution in [2.75, 3.05) is 26.3 Å². The van der Waals surface area contributed by atoms with Crippen LogP contribution in [0.4, 0.5) is 0 Å². The molecule has 3 rings (SSSR count). The van der Waals surface area contributed by atoms with Gasteiger partial charge in [0.2, 0.25) is 0 Å². The van der Waals surface area contributed by atoms with Crippen LogP contribution < -0.4 is 0 Å². The summed E-state index contributed by atoms with van der Waals surface area (Å²) in [6.07, 6.45) is 0.825. The summed E-state index contributed by atoms with van der Waals surface area (Å²) < 4.78 is 6.48. The van der Waals surface area contributed by atoms with Gasteiger partial charge in [0, 0.05) is 48.7 Å². The fourth-order valence-electron chi connectivity index (χ4n) is 3.57. The van der Waals surface area contributed by atoms with Crippen LogP contribution in [0.5, 0.6) is 0 Å². The molecule has 0 aliphatic carbocycles. The molecule has 116 valence electrons. The molecule has 0 radical (unpaired) electrons. The highest BCUT2D eigenvalue weighted by molar-refractivity contribution is 9.10. The van der Waals surface area contributed by atoms with Gasteiger partial charge < -0.3 is 14.9 Å². The summed E-state index contributed by atoms with van der Waals surface area (Å²) in [5.41, 5.74) is 1.19. The van der Waals surface area contributed by atoms with Gasteiger partial charge in [-0.2, -0.15) is 0 Å². The second-order valence-corrected chi connectivity index (χ2v) is 6.95. The van der Waals surface area contributed by atoms with Gasteiger partial charge in [-0.15, -0.1) is 0 Å². The largest absolute Gasteiger partial charge is 0.381 e. The first-order valence-electron chi connectivity index (χ1n) is 7.58. The predicted octanol–water partition coefficient (Wildman–Crippen LogP) is 1.95. The SMILES string of the molecule is OC(O)C1CN(C2CCOCC2)CC1c1ccc(Br)cc1. The van der Waals surface area contributed by atoms with Crippen molar-refractivity contribution in [3.63, 3.8) is 0 Å². The van der Waals surface area contributed by atoms with Crippen LogP contribution in [-0.4, -0.2) is 53.7 Å². The summed E-state index contributed by atoms with van der Waals surface area (Å²) in [6.45, 7) is 3.28. The normalized spacial score (nSPS) is 28.4. The third kappa shape index (κ3) is 3.48. The average Bonchev–Trinajstić information content (AvgIpc) is 2.94. The van der Waals surface area contributed by atoms with E-state index in [2.05, 4.69) is 33.0 Å². The molecule has 0 bridgehead atoms. The molecule has 2 aliphatic heterocycles. The van der Waals surface area contributed by atoms with Crippen LogP contribution in [0.15, 0.2) is 28.7 Å². The van der Waals surface area contributed by atoms with Crippen LogP contribution in [0, 0.1) is 5.92 Å². The Morgan fingerprint density at radius 2 is 1.76 bits per heavy atom. The zero-order valence-corrected chi connectivity index (χ0v) is 13.6. The van der Waals surface area contributed by atoms with Crippen LogP contribution >= 0.6 is 15.9 Å². The van der Waals surface area contributed by atoms with Crippen LogP contribution in [0.3, 0.4) is 0 Å². The summed E-state index contributed by atoms with van der Waals surface area (Å²) in [4.78, 5) is 2.42. The van der Waals surface area contributed by atoms with Gasteiger partial charge in [0.05, 0.1) is 0 Å². The number of hydrogen-bond acceptors (Lipinski definition) is 4. The lowest BCUT2D eigenvalue weighted by atomic mass is 9.88. The number of halogens is 1. The third-order valence-corrected chi connectivity index (χ3v) is 5.31. The minimum atomic E-state index is -1.26. The zero-order chi connectivity index (χ0) is 14.8. The fraction of sp³-hybridized carbons (Fsp3) is 0.625. The molecule has 2 unspecified atom stereocenters.